The fourth-order valence-corrected chi connectivity index (χ4v) is 1.61. The predicted octanol–water partition coefficient (Wildman–Crippen LogP) is 3.20. The van der Waals surface area contributed by atoms with Gasteiger partial charge < -0.3 is 10.1 Å². The van der Waals surface area contributed by atoms with Gasteiger partial charge >= 0.3 is 0 Å². The number of benzene rings is 1. The van der Waals surface area contributed by atoms with Gasteiger partial charge in [-0.2, -0.15) is 0 Å². The fraction of sp³-hybridized carbons (Fsp3) is 0.267. The predicted molar refractivity (Wildman–Crippen MR) is 79.1 cm³/mol. The first-order valence-electron chi connectivity index (χ1n) is 6.12. The number of nitrogens with one attached hydrogen (secondary N) is 1. The third-order valence-corrected chi connectivity index (χ3v) is 2.62. The summed E-state index contributed by atoms with van der Waals surface area (Å²) < 4.78 is 18.7. The van der Waals surface area contributed by atoms with Crippen LogP contribution in [0.1, 0.15) is 12.5 Å². The van der Waals surface area contributed by atoms with Crippen LogP contribution < -0.4 is 5.32 Å². The molecule has 1 N–H and O–H groups in total. The summed E-state index contributed by atoms with van der Waals surface area (Å²) in [4.78, 5) is 11.5. The summed E-state index contributed by atoms with van der Waals surface area (Å²) in [5.41, 5.74) is 1.12. The highest BCUT2D eigenvalue weighted by molar-refractivity contribution is 6.32. The Kier molecular flexibility index (Phi) is 6.98. The third kappa shape index (κ3) is 5.99. The molecule has 3 nitrogen and oxygen atoms in total. The molecule has 0 bridgehead atoms. The molecule has 0 saturated heterocycles. The van der Waals surface area contributed by atoms with Crippen LogP contribution in [0.4, 0.5) is 4.39 Å². The van der Waals surface area contributed by atoms with E-state index in [0.717, 1.165) is 5.57 Å². The Hall–Kier alpha value is -1.65. The van der Waals surface area contributed by atoms with Crippen molar-refractivity contribution < 1.29 is 13.9 Å². The number of hydrogen-bond donors (Lipinski definition) is 1. The van der Waals surface area contributed by atoms with Crippen LogP contribution in [0.25, 0.3) is 6.08 Å². The molecule has 1 aromatic carbocycles. The highest BCUT2D eigenvalue weighted by atomic mass is 35.5. The Morgan fingerprint density at radius 3 is 2.95 bits per heavy atom. The number of rotatable bonds is 7. The van der Waals surface area contributed by atoms with Crippen LogP contribution in [-0.4, -0.2) is 25.7 Å². The maximum Gasteiger partial charge on any atom is 0.244 e. The van der Waals surface area contributed by atoms with E-state index >= 15 is 0 Å². The summed E-state index contributed by atoms with van der Waals surface area (Å²) in [5, 5.41) is 2.88. The molecule has 0 unspecified atom stereocenters. The molecule has 0 aliphatic heterocycles. The molecule has 0 spiro atoms. The second kappa shape index (κ2) is 8.51. The molecular formula is C15H17ClFNO2. The Balaban J connectivity index is 2.38. The Bertz CT molecular complexity index is 494. The molecule has 0 saturated carbocycles. The van der Waals surface area contributed by atoms with Crippen molar-refractivity contribution in [2.45, 2.75) is 6.92 Å². The van der Waals surface area contributed by atoms with Gasteiger partial charge in [0.25, 0.3) is 0 Å². The zero-order valence-corrected chi connectivity index (χ0v) is 12.0. The number of carbonyl (C=O) groups is 1. The quantitative estimate of drug-likeness (QED) is 0.477. The first-order chi connectivity index (χ1) is 9.50. The van der Waals surface area contributed by atoms with Crippen molar-refractivity contribution in [3.8, 4) is 0 Å². The van der Waals surface area contributed by atoms with Crippen molar-refractivity contribution in [1.82, 2.24) is 5.32 Å². The highest BCUT2D eigenvalue weighted by Crippen LogP contribution is 2.20. The van der Waals surface area contributed by atoms with Gasteiger partial charge in [0, 0.05) is 18.2 Å². The van der Waals surface area contributed by atoms with Gasteiger partial charge in [-0.05, 0) is 25.1 Å². The van der Waals surface area contributed by atoms with E-state index in [9.17, 15) is 9.18 Å². The minimum Gasteiger partial charge on any atom is -0.375 e. The van der Waals surface area contributed by atoms with Gasteiger partial charge in [-0.3, -0.25) is 4.79 Å². The average Bonchev–Trinajstić information content (AvgIpc) is 2.37. The molecule has 1 rings (SSSR count). The van der Waals surface area contributed by atoms with Crippen molar-refractivity contribution in [3.05, 3.63) is 52.8 Å². The van der Waals surface area contributed by atoms with E-state index in [1.807, 2.05) is 6.92 Å². The molecule has 0 aliphatic rings. The van der Waals surface area contributed by atoms with Crippen LogP contribution >= 0.6 is 11.6 Å². The summed E-state index contributed by atoms with van der Waals surface area (Å²) in [6, 6.07) is 4.36. The molecule has 1 aromatic rings. The van der Waals surface area contributed by atoms with Gasteiger partial charge in [-0.25, -0.2) is 4.39 Å². The Labute approximate surface area is 123 Å². The molecule has 1 amide bonds. The molecule has 0 radical (unpaired) electrons. The second-order valence-electron chi connectivity index (χ2n) is 4.27. The molecule has 5 heteroatoms. The smallest absolute Gasteiger partial charge is 0.244 e. The monoisotopic (exact) mass is 297 g/mol. The van der Waals surface area contributed by atoms with Crippen LogP contribution in [0.5, 0.6) is 0 Å². The SMILES string of the molecule is C=C(C)COCCNC(=O)/C=C/c1c(F)cccc1Cl. The second-order valence-corrected chi connectivity index (χ2v) is 4.68. The molecule has 0 aliphatic carbocycles. The number of halogens is 2. The van der Waals surface area contributed by atoms with Gasteiger partial charge in [0.2, 0.25) is 5.91 Å². The minimum atomic E-state index is -0.466. The lowest BCUT2D eigenvalue weighted by Crippen LogP contribution is -2.25. The lowest BCUT2D eigenvalue weighted by atomic mass is 10.2. The van der Waals surface area contributed by atoms with E-state index in [-0.39, 0.29) is 16.5 Å². The van der Waals surface area contributed by atoms with Gasteiger partial charge in [0.05, 0.1) is 18.2 Å². The summed E-state index contributed by atoms with van der Waals surface area (Å²) >= 11 is 5.84. The summed E-state index contributed by atoms with van der Waals surface area (Å²) in [6.45, 7) is 6.80. The Morgan fingerprint density at radius 1 is 1.55 bits per heavy atom. The van der Waals surface area contributed by atoms with Crippen LogP contribution in [0, 0.1) is 5.82 Å². The normalized spacial score (nSPS) is 10.8. The number of ether oxygens (including phenoxy) is 1. The molecule has 20 heavy (non-hydrogen) atoms. The molecule has 0 heterocycles. The number of amides is 1. The largest absolute Gasteiger partial charge is 0.375 e. The van der Waals surface area contributed by atoms with Gasteiger partial charge in [-0.15, -0.1) is 0 Å². The van der Waals surface area contributed by atoms with E-state index in [0.29, 0.717) is 19.8 Å². The summed E-state index contributed by atoms with van der Waals surface area (Å²) in [5.74, 6) is -0.797. The van der Waals surface area contributed by atoms with Crippen LogP contribution in [0.3, 0.4) is 0 Å². The zero-order chi connectivity index (χ0) is 15.0. The van der Waals surface area contributed by atoms with E-state index in [2.05, 4.69) is 11.9 Å². The molecule has 0 aromatic heterocycles. The van der Waals surface area contributed by atoms with E-state index < -0.39 is 5.82 Å². The van der Waals surface area contributed by atoms with Crippen LogP contribution in [0.15, 0.2) is 36.4 Å². The maximum atomic E-state index is 13.4. The molecule has 108 valence electrons. The van der Waals surface area contributed by atoms with Crippen LogP contribution in [-0.2, 0) is 9.53 Å². The standard InChI is InChI=1S/C15H17ClFNO2/c1-11(2)10-20-9-8-18-15(19)7-6-12-13(16)4-3-5-14(12)17/h3-7H,1,8-10H2,2H3,(H,18,19)/b7-6+. The zero-order valence-electron chi connectivity index (χ0n) is 11.3. The van der Waals surface area contributed by atoms with Crippen LogP contribution in [0.2, 0.25) is 5.02 Å². The topological polar surface area (TPSA) is 38.3 Å². The molecule has 0 atom stereocenters. The van der Waals surface area contributed by atoms with Crippen molar-refractivity contribution in [1.29, 1.82) is 0 Å². The van der Waals surface area contributed by atoms with Crippen molar-refractivity contribution in [2.75, 3.05) is 19.8 Å². The highest BCUT2D eigenvalue weighted by Gasteiger charge is 2.03. The third-order valence-electron chi connectivity index (χ3n) is 2.30. The first kappa shape index (κ1) is 16.4. The van der Waals surface area contributed by atoms with E-state index in [4.69, 9.17) is 16.3 Å². The van der Waals surface area contributed by atoms with Gasteiger partial charge in [0.15, 0.2) is 0 Å². The summed E-state index contributed by atoms with van der Waals surface area (Å²) in [6.07, 6.45) is 2.59. The van der Waals surface area contributed by atoms with E-state index in [1.165, 1.54) is 24.3 Å². The van der Waals surface area contributed by atoms with Crippen molar-refractivity contribution >= 4 is 23.6 Å². The van der Waals surface area contributed by atoms with Crippen molar-refractivity contribution in [3.63, 3.8) is 0 Å². The summed E-state index contributed by atoms with van der Waals surface area (Å²) in [7, 11) is 0. The number of hydrogen-bond acceptors (Lipinski definition) is 2. The van der Waals surface area contributed by atoms with E-state index in [1.54, 1.807) is 6.07 Å². The van der Waals surface area contributed by atoms with Gasteiger partial charge in [0.1, 0.15) is 5.82 Å². The maximum absolute atomic E-state index is 13.4. The average molecular weight is 298 g/mol. The molecular weight excluding hydrogens is 281 g/mol. The lowest BCUT2D eigenvalue weighted by molar-refractivity contribution is -0.116. The lowest BCUT2D eigenvalue weighted by Gasteiger charge is -2.04. The Morgan fingerprint density at radius 2 is 2.30 bits per heavy atom. The van der Waals surface area contributed by atoms with Crippen molar-refractivity contribution in [2.24, 2.45) is 0 Å². The number of carbonyl (C=O) groups excluding carboxylic acids is 1. The fourth-order valence-electron chi connectivity index (χ4n) is 1.38. The minimum absolute atomic E-state index is 0.197. The molecule has 0 fully saturated rings. The first-order valence-corrected chi connectivity index (χ1v) is 6.50. The van der Waals surface area contributed by atoms with Gasteiger partial charge in [-0.1, -0.05) is 29.8 Å².